The number of halogens is 1. The molecular formula is C27H24ClN. The first-order valence-electron chi connectivity index (χ1n) is 9.84. The normalized spacial score (nSPS) is 11.4. The molecule has 0 atom stereocenters. The van der Waals surface area contributed by atoms with Gasteiger partial charge in [0.15, 0.2) is 0 Å². The van der Waals surface area contributed by atoms with Gasteiger partial charge in [-0.1, -0.05) is 105 Å². The van der Waals surface area contributed by atoms with Gasteiger partial charge in [0, 0.05) is 17.3 Å². The summed E-state index contributed by atoms with van der Waals surface area (Å²) in [5.74, 6) is 0. The van der Waals surface area contributed by atoms with E-state index in [1.54, 1.807) is 6.20 Å². The number of rotatable bonds is 3. The van der Waals surface area contributed by atoms with Crippen LogP contribution in [-0.2, 0) is 5.41 Å². The van der Waals surface area contributed by atoms with Crippen LogP contribution in [0.25, 0.3) is 33.5 Å². The summed E-state index contributed by atoms with van der Waals surface area (Å²) in [6, 6.07) is 29.6. The molecule has 0 saturated heterocycles. The molecule has 144 valence electrons. The Hall–Kier alpha value is -2.90. The maximum Gasteiger partial charge on any atom is 0.0709 e. The Morgan fingerprint density at radius 3 is 2.00 bits per heavy atom. The van der Waals surface area contributed by atoms with E-state index in [0.717, 1.165) is 22.4 Å². The highest BCUT2D eigenvalue weighted by Crippen LogP contribution is 2.34. The molecule has 0 N–H and O–H groups in total. The molecule has 4 rings (SSSR count). The first-order valence-corrected chi connectivity index (χ1v) is 10.2. The van der Waals surface area contributed by atoms with Crippen LogP contribution in [0.1, 0.15) is 26.3 Å². The van der Waals surface area contributed by atoms with Crippen LogP contribution in [-0.4, -0.2) is 4.98 Å². The van der Waals surface area contributed by atoms with Crippen molar-refractivity contribution in [1.29, 1.82) is 0 Å². The third kappa shape index (κ3) is 4.26. The molecule has 0 aliphatic heterocycles. The van der Waals surface area contributed by atoms with Gasteiger partial charge in [0.05, 0.1) is 10.7 Å². The van der Waals surface area contributed by atoms with Crippen LogP contribution in [0.3, 0.4) is 0 Å². The quantitative estimate of drug-likeness (QED) is 0.341. The number of hydrogen-bond acceptors (Lipinski definition) is 1. The Balaban J connectivity index is 1.73. The van der Waals surface area contributed by atoms with E-state index in [9.17, 15) is 0 Å². The Kier molecular flexibility index (Phi) is 5.25. The molecule has 3 aromatic carbocycles. The van der Waals surface area contributed by atoms with E-state index in [1.165, 1.54) is 16.7 Å². The highest BCUT2D eigenvalue weighted by Gasteiger charge is 2.13. The fraction of sp³-hybridized carbons (Fsp3) is 0.148. The molecule has 4 aromatic rings. The predicted molar refractivity (Wildman–Crippen MR) is 124 cm³/mol. The van der Waals surface area contributed by atoms with Crippen molar-refractivity contribution in [2.24, 2.45) is 0 Å². The molecule has 0 spiro atoms. The van der Waals surface area contributed by atoms with Gasteiger partial charge in [-0.2, -0.15) is 0 Å². The Labute approximate surface area is 178 Å². The molecule has 0 saturated carbocycles. The Bertz CT molecular complexity index is 1120. The molecule has 29 heavy (non-hydrogen) atoms. The minimum atomic E-state index is 0.152. The Morgan fingerprint density at radius 2 is 1.31 bits per heavy atom. The zero-order valence-corrected chi connectivity index (χ0v) is 17.7. The lowest BCUT2D eigenvalue weighted by molar-refractivity contribution is 0.590. The van der Waals surface area contributed by atoms with Gasteiger partial charge in [0.25, 0.3) is 0 Å². The topological polar surface area (TPSA) is 12.9 Å². The number of pyridine rings is 1. The van der Waals surface area contributed by atoms with E-state index in [2.05, 4.69) is 92.5 Å². The van der Waals surface area contributed by atoms with Crippen LogP contribution in [0.5, 0.6) is 0 Å². The summed E-state index contributed by atoms with van der Waals surface area (Å²) in [5, 5.41) is 0.657. The minimum Gasteiger partial charge on any atom is -0.255 e. The molecule has 2 heteroatoms. The zero-order chi connectivity index (χ0) is 20.4. The van der Waals surface area contributed by atoms with Crippen molar-refractivity contribution in [3.05, 3.63) is 102 Å². The third-order valence-electron chi connectivity index (χ3n) is 5.18. The predicted octanol–water partition coefficient (Wildman–Crippen LogP) is 8.03. The first-order chi connectivity index (χ1) is 13.9. The highest BCUT2D eigenvalue weighted by atomic mass is 35.5. The monoisotopic (exact) mass is 397 g/mol. The SMILES string of the molecule is CC(C)(C)c1ccc(-c2cccc(-c3cc(-c4ccccc4)ncc3Cl)c2)cc1. The smallest absolute Gasteiger partial charge is 0.0709 e. The molecule has 1 aromatic heterocycles. The summed E-state index contributed by atoms with van der Waals surface area (Å²) >= 11 is 6.53. The van der Waals surface area contributed by atoms with Gasteiger partial charge in [-0.15, -0.1) is 0 Å². The molecule has 0 aliphatic rings. The van der Waals surface area contributed by atoms with Crippen molar-refractivity contribution in [3.8, 4) is 33.5 Å². The lowest BCUT2D eigenvalue weighted by Crippen LogP contribution is -2.10. The van der Waals surface area contributed by atoms with E-state index in [4.69, 9.17) is 11.6 Å². The summed E-state index contributed by atoms with van der Waals surface area (Å²) in [7, 11) is 0. The average molecular weight is 398 g/mol. The van der Waals surface area contributed by atoms with Crippen LogP contribution in [0.2, 0.25) is 5.02 Å². The van der Waals surface area contributed by atoms with Gasteiger partial charge in [0.1, 0.15) is 0 Å². The van der Waals surface area contributed by atoms with Gasteiger partial charge in [0.2, 0.25) is 0 Å². The van der Waals surface area contributed by atoms with Gasteiger partial charge >= 0.3 is 0 Å². The van der Waals surface area contributed by atoms with Crippen LogP contribution in [0, 0.1) is 0 Å². The fourth-order valence-electron chi connectivity index (χ4n) is 3.46. The second-order valence-corrected chi connectivity index (χ2v) is 8.73. The van der Waals surface area contributed by atoms with E-state index in [0.29, 0.717) is 5.02 Å². The van der Waals surface area contributed by atoms with Gasteiger partial charge < -0.3 is 0 Å². The summed E-state index contributed by atoms with van der Waals surface area (Å²) in [6.07, 6.45) is 1.74. The molecule has 0 fully saturated rings. The van der Waals surface area contributed by atoms with Crippen LogP contribution < -0.4 is 0 Å². The highest BCUT2D eigenvalue weighted by molar-refractivity contribution is 6.33. The summed E-state index contributed by atoms with van der Waals surface area (Å²) in [6.45, 7) is 6.70. The summed E-state index contributed by atoms with van der Waals surface area (Å²) < 4.78 is 0. The van der Waals surface area contributed by atoms with E-state index in [1.807, 2.05) is 18.2 Å². The molecule has 0 radical (unpaired) electrons. The second kappa shape index (κ2) is 7.85. The van der Waals surface area contributed by atoms with E-state index < -0.39 is 0 Å². The third-order valence-corrected chi connectivity index (χ3v) is 5.48. The molecule has 0 amide bonds. The standard InChI is InChI=1S/C27H24ClN/c1-27(2,3)23-14-12-19(13-15-23)21-10-7-11-22(16-21)24-17-26(29-18-25(24)28)20-8-5-4-6-9-20/h4-18H,1-3H3. The lowest BCUT2D eigenvalue weighted by Gasteiger charge is -2.19. The number of aromatic nitrogens is 1. The van der Waals surface area contributed by atoms with Crippen molar-refractivity contribution >= 4 is 11.6 Å². The van der Waals surface area contributed by atoms with Crippen molar-refractivity contribution in [2.75, 3.05) is 0 Å². The molecule has 0 bridgehead atoms. The number of hydrogen-bond donors (Lipinski definition) is 0. The van der Waals surface area contributed by atoms with Crippen molar-refractivity contribution in [3.63, 3.8) is 0 Å². The van der Waals surface area contributed by atoms with Gasteiger partial charge in [-0.3, -0.25) is 4.98 Å². The maximum atomic E-state index is 6.53. The van der Waals surface area contributed by atoms with Crippen molar-refractivity contribution in [1.82, 2.24) is 4.98 Å². The van der Waals surface area contributed by atoms with Gasteiger partial charge in [-0.05, 0) is 39.8 Å². The van der Waals surface area contributed by atoms with Crippen molar-refractivity contribution < 1.29 is 0 Å². The summed E-state index contributed by atoms with van der Waals surface area (Å²) in [5.41, 5.74) is 7.95. The molecule has 1 heterocycles. The molecular weight excluding hydrogens is 374 g/mol. The number of nitrogens with zero attached hydrogens (tertiary/aromatic N) is 1. The van der Waals surface area contributed by atoms with Crippen LogP contribution in [0.4, 0.5) is 0 Å². The molecule has 0 unspecified atom stereocenters. The second-order valence-electron chi connectivity index (χ2n) is 8.32. The Morgan fingerprint density at radius 1 is 0.655 bits per heavy atom. The molecule has 0 aliphatic carbocycles. The average Bonchev–Trinajstić information content (AvgIpc) is 2.74. The minimum absolute atomic E-state index is 0.152. The van der Waals surface area contributed by atoms with E-state index >= 15 is 0 Å². The largest absolute Gasteiger partial charge is 0.255 e. The zero-order valence-electron chi connectivity index (χ0n) is 17.0. The maximum absolute atomic E-state index is 6.53. The fourth-order valence-corrected chi connectivity index (χ4v) is 3.67. The summed E-state index contributed by atoms with van der Waals surface area (Å²) in [4.78, 5) is 4.52. The van der Waals surface area contributed by atoms with Crippen LogP contribution >= 0.6 is 11.6 Å². The molecule has 1 nitrogen and oxygen atoms in total. The van der Waals surface area contributed by atoms with Crippen molar-refractivity contribution in [2.45, 2.75) is 26.2 Å². The van der Waals surface area contributed by atoms with Crippen LogP contribution in [0.15, 0.2) is 91.1 Å². The first kappa shape index (κ1) is 19.4. The number of benzene rings is 3. The lowest BCUT2D eigenvalue weighted by atomic mass is 9.86. The van der Waals surface area contributed by atoms with E-state index in [-0.39, 0.29) is 5.41 Å². The van der Waals surface area contributed by atoms with Gasteiger partial charge in [-0.25, -0.2) is 0 Å².